The number of hydrogen-bond donors (Lipinski definition) is 1. The Labute approximate surface area is 162 Å². The van der Waals surface area contributed by atoms with E-state index in [1.807, 2.05) is 6.07 Å². The highest BCUT2D eigenvalue weighted by molar-refractivity contribution is 5.97. The van der Waals surface area contributed by atoms with Crippen LogP contribution in [0.5, 0.6) is 0 Å². The fraction of sp³-hybridized carbons (Fsp3) is 0.227. The van der Waals surface area contributed by atoms with E-state index in [2.05, 4.69) is 0 Å². The van der Waals surface area contributed by atoms with Gasteiger partial charge in [0.1, 0.15) is 5.76 Å². The molecule has 0 aromatic heterocycles. The second-order valence-corrected chi connectivity index (χ2v) is 6.55. The van der Waals surface area contributed by atoms with Gasteiger partial charge >= 0.3 is 11.9 Å². The number of cyclic esters (lactones) is 1. The summed E-state index contributed by atoms with van der Waals surface area (Å²) in [4.78, 5) is 35.3. The minimum absolute atomic E-state index is 0.0410. The Balaban J connectivity index is 1.49. The summed E-state index contributed by atoms with van der Waals surface area (Å²) in [7, 11) is 0. The number of Topliss-reactive ketones (excluding diaryl/α,β-unsaturated/α-hetero) is 1. The van der Waals surface area contributed by atoms with E-state index in [-0.39, 0.29) is 30.1 Å². The molecule has 0 saturated heterocycles. The van der Waals surface area contributed by atoms with Crippen LogP contribution in [0.25, 0.3) is 0 Å². The van der Waals surface area contributed by atoms with Gasteiger partial charge in [-0.05, 0) is 18.1 Å². The Kier molecular flexibility index (Phi) is 5.89. The summed E-state index contributed by atoms with van der Waals surface area (Å²) >= 11 is 0. The van der Waals surface area contributed by atoms with Crippen molar-refractivity contribution < 1.29 is 29.0 Å². The van der Waals surface area contributed by atoms with Crippen LogP contribution in [0.2, 0.25) is 0 Å². The fourth-order valence-electron chi connectivity index (χ4n) is 2.84. The van der Waals surface area contributed by atoms with Crippen molar-refractivity contribution in [2.24, 2.45) is 0 Å². The number of rotatable bonds is 7. The molecule has 6 nitrogen and oxygen atoms in total. The van der Waals surface area contributed by atoms with Gasteiger partial charge in [-0.3, -0.25) is 9.59 Å². The zero-order valence-corrected chi connectivity index (χ0v) is 15.4. The normalized spacial score (nSPS) is 16.0. The van der Waals surface area contributed by atoms with E-state index in [1.54, 1.807) is 48.5 Å². The molecule has 0 bridgehead atoms. The first kappa shape index (κ1) is 19.4. The average Bonchev–Trinajstić information content (AvgIpc) is 2.95. The van der Waals surface area contributed by atoms with Crippen molar-refractivity contribution in [3.05, 3.63) is 82.6 Å². The van der Waals surface area contributed by atoms with E-state index >= 15 is 0 Å². The summed E-state index contributed by atoms with van der Waals surface area (Å²) in [6, 6.07) is 15.8. The summed E-state index contributed by atoms with van der Waals surface area (Å²) < 4.78 is 10.2. The highest BCUT2D eigenvalue weighted by Gasteiger charge is 2.31. The molecule has 0 aliphatic carbocycles. The number of hydrogen-bond acceptors (Lipinski definition) is 6. The van der Waals surface area contributed by atoms with Crippen LogP contribution >= 0.6 is 0 Å². The zero-order valence-electron chi connectivity index (χ0n) is 15.4. The van der Waals surface area contributed by atoms with Gasteiger partial charge in [0.25, 0.3) is 0 Å². The van der Waals surface area contributed by atoms with Gasteiger partial charge in [0.15, 0.2) is 18.5 Å². The maximum atomic E-state index is 12.0. The number of aliphatic hydroxyl groups is 1. The quantitative estimate of drug-likeness (QED) is 0.587. The highest BCUT2D eigenvalue weighted by atomic mass is 16.6. The minimum atomic E-state index is -0.674. The number of aliphatic hydroxyl groups excluding tert-OH is 1. The third-order valence-electron chi connectivity index (χ3n) is 4.50. The molecule has 28 heavy (non-hydrogen) atoms. The molecule has 1 atom stereocenters. The Morgan fingerprint density at radius 3 is 2.29 bits per heavy atom. The van der Waals surface area contributed by atoms with Crippen molar-refractivity contribution in [1.29, 1.82) is 0 Å². The van der Waals surface area contributed by atoms with Gasteiger partial charge in [-0.2, -0.15) is 0 Å². The first-order valence-electron chi connectivity index (χ1n) is 8.86. The molecule has 6 heteroatoms. The second kappa shape index (κ2) is 8.52. The molecule has 0 fully saturated rings. The molecule has 2 aromatic rings. The lowest BCUT2D eigenvalue weighted by Gasteiger charge is -2.11. The third-order valence-corrected chi connectivity index (χ3v) is 4.50. The minimum Gasteiger partial charge on any atom is -0.508 e. The van der Waals surface area contributed by atoms with Crippen molar-refractivity contribution in [1.82, 2.24) is 0 Å². The molecule has 1 N–H and O–H groups in total. The molecule has 1 aliphatic rings. The topological polar surface area (TPSA) is 89.9 Å². The van der Waals surface area contributed by atoms with Crippen molar-refractivity contribution >= 4 is 17.7 Å². The van der Waals surface area contributed by atoms with E-state index in [4.69, 9.17) is 9.47 Å². The Morgan fingerprint density at radius 1 is 1.04 bits per heavy atom. The molecule has 0 spiro atoms. The fourth-order valence-corrected chi connectivity index (χ4v) is 2.84. The van der Waals surface area contributed by atoms with Gasteiger partial charge < -0.3 is 14.6 Å². The second-order valence-electron chi connectivity index (χ2n) is 6.55. The maximum Gasteiger partial charge on any atom is 0.338 e. The van der Waals surface area contributed by atoms with Crippen LogP contribution < -0.4 is 0 Å². The molecule has 0 saturated carbocycles. The van der Waals surface area contributed by atoms with Crippen molar-refractivity contribution in [2.45, 2.75) is 25.9 Å². The number of carbonyl (C=O) groups is 3. The summed E-state index contributed by atoms with van der Waals surface area (Å²) in [5.74, 6) is -1.29. The lowest BCUT2D eigenvalue weighted by Crippen LogP contribution is -2.16. The van der Waals surface area contributed by atoms with Crippen LogP contribution in [0, 0.1) is 0 Å². The van der Waals surface area contributed by atoms with Crippen LogP contribution in [0.15, 0.2) is 65.9 Å². The Hall–Kier alpha value is -3.41. The van der Waals surface area contributed by atoms with Crippen molar-refractivity contribution in [3.8, 4) is 0 Å². The van der Waals surface area contributed by atoms with Crippen molar-refractivity contribution in [2.75, 3.05) is 6.61 Å². The van der Waals surface area contributed by atoms with Gasteiger partial charge in [0.05, 0.1) is 12.0 Å². The first-order valence-corrected chi connectivity index (χ1v) is 8.86. The van der Waals surface area contributed by atoms with E-state index in [1.165, 1.54) is 6.92 Å². The summed E-state index contributed by atoms with van der Waals surface area (Å²) in [5, 5.41) is 9.89. The van der Waals surface area contributed by atoms with E-state index < -0.39 is 18.0 Å². The largest absolute Gasteiger partial charge is 0.508 e. The monoisotopic (exact) mass is 380 g/mol. The summed E-state index contributed by atoms with van der Waals surface area (Å²) in [5.41, 5.74) is 2.32. The highest BCUT2D eigenvalue weighted by Crippen LogP contribution is 2.23. The number of esters is 2. The van der Waals surface area contributed by atoms with E-state index in [0.717, 1.165) is 11.1 Å². The summed E-state index contributed by atoms with van der Waals surface area (Å²) in [6.07, 6.45) is -0.275. The third kappa shape index (κ3) is 4.65. The van der Waals surface area contributed by atoms with Crippen LogP contribution in [0.4, 0.5) is 0 Å². The molecule has 1 unspecified atom stereocenters. The molecule has 2 aromatic carbocycles. The molecule has 1 aliphatic heterocycles. The number of carbonyl (C=O) groups excluding carboxylic acids is 3. The SMILES string of the molecule is CC1=C(O)C(Cc2ccc(CC(=O)OCC(=O)c3ccccc3)cc2)OC1=O. The number of benzene rings is 2. The molecule has 0 amide bonds. The smallest absolute Gasteiger partial charge is 0.338 e. The molecular weight excluding hydrogens is 360 g/mol. The van der Waals surface area contributed by atoms with Gasteiger partial charge in [0.2, 0.25) is 0 Å². The molecular formula is C22H20O6. The Morgan fingerprint density at radius 2 is 1.68 bits per heavy atom. The predicted molar refractivity (Wildman–Crippen MR) is 101 cm³/mol. The van der Waals surface area contributed by atoms with Crippen molar-refractivity contribution in [3.63, 3.8) is 0 Å². The summed E-state index contributed by atoms with van der Waals surface area (Å²) in [6.45, 7) is 1.23. The van der Waals surface area contributed by atoms with Crippen LogP contribution in [0.1, 0.15) is 28.4 Å². The molecule has 1 heterocycles. The van der Waals surface area contributed by atoms with Crippen LogP contribution in [-0.2, 0) is 31.9 Å². The lowest BCUT2D eigenvalue weighted by molar-refractivity contribution is -0.142. The van der Waals surface area contributed by atoms with Gasteiger partial charge in [0, 0.05) is 12.0 Å². The molecule has 3 rings (SSSR count). The average molecular weight is 380 g/mol. The van der Waals surface area contributed by atoms with Crippen LogP contribution in [0.3, 0.4) is 0 Å². The standard InChI is InChI=1S/C22H20O6/c1-14-21(25)19(28-22(14)26)11-15-7-9-16(10-8-15)12-20(24)27-13-18(23)17-5-3-2-4-6-17/h2-10,19,25H,11-13H2,1H3. The zero-order chi connectivity index (χ0) is 20.1. The van der Waals surface area contributed by atoms with Gasteiger partial charge in [-0.15, -0.1) is 0 Å². The van der Waals surface area contributed by atoms with E-state index in [0.29, 0.717) is 12.0 Å². The number of ether oxygens (including phenoxy) is 2. The molecule has 144 valence electrons. The lowest BCUT2D eigenvalue weighted by atomic mass is 10.0. The van der Waals surface area contributed by atoms with Crippen LogP contribution in [-0.4, -0.2) is 35.5 Å². The molecule has 0 radical (unpaired) electrons. The first-order chi connectivity index (χ1) is 13.4. The van der Waals surface area contributed by atoms with Gasteiger partial charge in [-0.1, -0.05) is 54.6 Å². The Bertz CT molecular complexity index is 912. The number of ketones is 1. The maximum absolute atomic E-state index is 12.0. The van der Waals surface area contributed by atoms with E-state index in [9.17, 15) is 19.5 Å². The predicted octanol–water partition coefficient (Wildman–Crippen LogP) is 2.96. The van der Waals surface area contributed by atoms with Gasteiger partial charge in [-0.25, -0.2) is 4.79 Å².